The molecule has 6 heteroatoms. The van der Waals surface area contributed by atoms with Crippen LogP contribution in [0.3, 0.4) is 0 Å². The number of carboxylic acid groups (broad SMARTS) is 2. The second-order valence-corrected chi connectivity index (χ2v) is 5.66. The summed E-state index contributed by atoms with van der Waals surface area (Å²) in [5, 5.41) is 15.6. The molecule has 1 aliphatic carbocycles. The Morgan fingerprint density at radius 1 is 1.17 bits per heavy atom. The Hall–Kier alpha value is -2.34. The van der Waals surface area contributed by atoms with Crippen LogP contribution in [-0.2, 0) is 9.59 Å². The van der Waals surface area contributed by atoms with Gasteiger partial charge in [0.15, 0.2) is 0 Å². The number of benzene rings is 1. The van der Waals surface area contributed by atoms with Gasteiger partial charge in [0, 0.05) is 42.9 Å². The standard InChI is InChI=1S/C13H18N2.C4H4O4/c14-8-9-15-12-6-2-1-4-10(12)11-5-3-7-13(11)15;5-3(6)1-2-4(7)8/h1-2,4,6,11,13H,3,5,7-9,14H2;1-2H,(H,5,6)(H,7,8)/t11-,13-;/m0./s1. The van der Waals surface area contributed by atoms with Gasteiger partial charge in [0.05, 0.1) is 0 Å². The van der Waals surface area contributed by atoms with Crippen LogP contribution < -0.4 is 10.6 Å². The van der Waals surface area contributed by atoms with Gasteiger partial charge in [-0.15, -0.1) is 0 Å². The second-order valence-electron chi connectivity index (χ2n) is 5.66. The van der Waals surface area contributed by atoms with Crippen molar-refractivity contribution in [2.75, 3.05) is 18.0 Å². The van der Waals surface area contributed by atoms with E-state index in [0.717, 1.165) is 25.0 Å². The highest BCUT2D eigenvalue weighted by Crippen LogP contribution is 2.48. The van der Waals surface area contributed by atoms with E-state index in [2.05, 4.69) is 29.2 Å². The molecule has 0 aromatic heterocycles. The molecule has 2 atom stereocenters. The number of para-hydroxylation sites is 1. The smallest absolute Gasteiger partial charge is 0.328 e. The summed E-state index contributed by atoms with van der Waals surface area (Å²) in [5.41, 5.74) is 8.71. The predicted molar refractivity (Wildman–Crippen MR) is 87.6 cm³/mol. The number of hydrogen-bond acceptors (Lipinski definition) is 4. The van der Waals surface area contributed by atoms with Crippen molar-refractivity contribution in [2.24, 2.45) is 5.73 Å². The van der Waals surface area contributed by atoms with Crippen molar-refractivity contribution in [2.45, 2.75) is 31.2 Å². The number of aliphatic carboxylic acids is 2. The van der Waals surface area contributed by atoms with E-state index < -0.39 is 11.9 Å². The SMILES string of the molecule is NCCN1c2ccccc2[C@@H]2CCC[C@@H]21.O=C(O)C=CC(=O)O. The molecule has 23 heavy (non-hydrogen) atoms. The Morgan fingerprint density at radius 3 is 2.43 bits per heavy atom. The molecule has 0 unspecified atom stereocenters. The summed E-state index contributed by atoms with van der Waals surface area (Å²) in [6.45, 7) is 1.77. The van der Waals surface area contributed by atoms with E-state index in [4.69, 9.17) is 15.9 Å². The average molecular weight is 318 g/mol. The highest BCUT2D eigenvalue weighted by atomic mass is 16.4. The number of hydrogen-bond donors (Lipinski definition) is 3. The van der Waals surface area contributed by atoms with Gasteiger partial charge in [0.1, 0.15) is 0 Å². The van der Waals surface area contributed by atoms with Crippen molar-refractivity contribution in [3.05, 3.63) is 42.0 Å². The lowest BCUT2D eigenvalue weighted by atomic mass is 9.98. The Kier molecular flexibility index (Phi) is 5.76. The van der Waals surface area contributed by atoms with E-state index in [-0.39, 0.29) is 0 Å². The molecule has 0 radical (unpaired) electrons. The predicted octanol–water partition coefficient (Wildman–Crippen LogP) is 1.81. The topological polar surface area (TPSA) is 104 Å². The third-order valence-corrected chi connectivity index (χ3v) is 4.26. The van der Waals surface area contributed by atoms with Gasteiger partial charge in [-0.25, -0.2) is 9.59 Å². The molecule has 1 heterocycles. The maximum Gasteiger partial charge on any atom is 0.328 e. The number of carbonyl (C=O) groups is 2. The second kappa shape index (κ2) is 7.78. The molecule has 0 bridgehead atoms. The summed E-state index contributed by atoms with van der Waals surface area (Å²) in [6.07, 6.45) is 5.21. The number of anilines is 1. The zero-order valence-corrected chi connectivity index (χ0v) is 12.9. The van der Waals surface area contributed by atoms with Gasteiger partial charge in [-0.2, -0.15) is 0 Å². The van der Waals surface area contributed by atoms with Crippen LogP contribution in [0.25, 0.3) is 0 Å². The minimum absolute atomic E-state index is 0.558. The molecule has 2 aliphatic rings. The van der Waals surface area contributed by atoms with Crippen LogP contribution in [0.15, 0.2) is 36.4 Å². The van der Waals surface area contributed by atoms with E-state index >= 15 is 0 Å². The molecule has 124 valence electrons. The normalized spacial score (nSPS) is 21.5. The van der Waals surface area contributed by atoms with E-state index in [1.807, 2.05) is 0 Å². The summed E-state index contributed by atoms with van der Waals surface area (Å²) < 4.78 is 0. The number of rotatable bonds is 4. The summed E-state index contributed by atoms with van der Waals surface area (Å²) in [6, 6.07) is 9.60. The molecule has 1 aliphatic heterocycles. The van der Waals surface area contributed by atoms with E-state index in [0.29, 0.717) is 12.2 Å². The third kappa shape index (κ3) is 4.10. The van der Waals surface area contributed by atoms with Crippen LogP contribution >= 0.6 is 0 Å². The highest BCUT2D eigenvalue weighted by molar-refractivity contribution is 5.89. The first kappa shape index (κ1) is 17.0. The first-order valence-electron chi connectivity index (χ1n) is 7.74. The lowest BCUT2D eigenvalue weighted by Crippen LogP contribution is -2.35. The first-order chi connectivity index (χ1) is 11.0. The van der Waals surface area contributed by atoms with E-state index in [1.54, 1.807) is 5.56 Å². The van der Waals surface area contributed by atoms with Crippen molar-refractivity contribution >= 4 is 17.6 Å². The minimum atomic E-state index is -1.26. The maximum absolute atomic E-state index is 9.55. The number of nitrogens with two attached hydrogens (primary N) is 1. The van der Waals surface area contributed by atoms with E-state index in [1.165, 1.54) is 24.9 Å². The zero-order valence-electron chi connectivity index (χ0n) is 12.9. The summed E-state index contributed by atoms with van der Waals surface area (Å²) in [7, 11) is 0. The van der Waals surface area contributed by atoms with Crippen LogP contribution in [0.5, 0.6) is 0 Å². The quantitative estimate of drug-likeness (QED) is 0.732. The lowest BCUT2D eigenvalue weighted by molar-refractivity contribution is -0.134. The molecule has 1 aromatic carbocycles. The molecule has 1 saturated carbocycles. The fourth-order valence-electron chi connectivity index (χ4n) is 3.49. The van der Waals surface area contributed by atoms with Gasteiger partial charge in [0.2, 0.25) is 0 Å². The van der Waals surface area contributed by atoms with Crippen molar-refractivity contribution in [3.63, 3.8) is 0 Å². The largest absolute Gasteiger partial charge is 0.478 e. The van der Waals surface area contributed by atoms with Gasteiger partial charge in [-0.3, -0.25) is 0 Å². The molecule has 6 nitrogen and oxygen atoms in total. The number of fused-ring (bicyclic) bond motifs is 3. The fraction of sp³-hybridized carbons (Fsp3) is 0.412. The van der Waals surface area contributed by atoms with Crippen molar-refractivity contribution < 1.29 is 19.8 Å². The van der Waals surface area contributed by atoms with Crippen molar-refractivity contribution in [1.29, 1.82) is 0 Å². The maximum atomic E-state index is 9.55. The Balaban J connectivity index is 0.000000207. The Labute approximate surface area is 135 Å². The molecule has 1 aromatic rings. The van der Waals surface area contributed by atoms with Gasteiger partial charge < -0.3 is 20.8 Å². The third-order valence-electron chi connectivity index (χ3n) is 4.26. The zero-order chi connectivity index (χ0) is 16.8. The first-order valence-corrected chi connectivity index (χ1v) is 7.74. The van der Waals surface area contributed by atoms with Crippen LogP contribution in [-0.4, -0.2) is 41.3 Å². The van der Waals surface area contributed by atoms with E-state index in [9.17, 15) is 9.59 Å². The molecule has 1 fully saturated rings. The molecule has 0 saturated heterocycles. The Morgan fingerprint density at radius 2 is 1.83 bits per heavy atom. The van der Waals surface area contributed by atoms with Crippen LogP contribution in [0, 0.1) is 0 Å². The van der Waals surface area contributed by atoms with Gasteiger partial charge >= 0.3 is 11.9 Å². The van der Waals surface area contributed by atoms with Crippen molar-refractivity contribution in [1.82, 2.24) is 0 Å². The molecular formula is C17H22N2O4. The van der Waals surface area contributed by atoms with Gasteiger partial charge in [-0.05, 0) is 24.5 Å². The Bertz CT molecular complexity index is 584. The van der Waals surface area contributed by atoms with Crippen LogP contribution in [0.2, 0.25) is 0 Å². The van der Waals surface area contributed by atoms with Gasteiger partial charge in [0.25, 0.3) is 0 Å². The molecule has 0 spiro atoms. The molecule has 3 rings (SSSR count). The summed E-state index contributed by atoms with van der Waals surface area (Å²) in [5.74, 6) is -1.73. The molecular weight excluding hydrogens is 296 g/mol. The highest BCUT2D eigenvalue weighted by Gasteiger charge is 2.40. The van der Waals surface area contributed by atoms with Crippen LogP contribution in [0.1, 0.15) is 30.7 Å². The summed E-state index contributed by atoms with van der Waals surface area (Å²) >= 11 is 0. The van der Waals surface area contributed by atoms with Gasteiger partial charge in [-0.1, -0.05) is 24.6 Å². The average Bonchev–Trinajstić information content (AvgIpc) is 3.09. The number of nitrogens with zero attached hydrogens (tertiary/aromatic N) is 1. The monoisotopic (exact) mass is 318 g/mol. The van der Waals surface area contributed by atoms with Crippen LogP contribution in [0.4, 0.5) is 5.69 Å². The molecule has 4 N–H and O–H groups in total. The molecule has 0 amide bonds. The van der Waals surface area contributed by atoms with Crippen molar-refractivity contribution in [3.8, 4) is 0 Å². The minimum Gasteiger partial charge on any atom is -0.478 e. The fourth-order valence-corrected chi connectivity index (χ4v) is 3.49. The summed E-state index contributed by atoms with van der Waals surface area (Å²) in [4.78, 5) is 21.6. The lowest BCUT2D eigenvalue weighted by Gasteiger charge is -2.26. The number of carboxylic acids is 2.